The Morgan fingerprint density at radius 2 is 2.07 bits per heavy atom. The van der Waals surface area contributed by atoms with E-state index in [-0.39, 0.29) is 11.2 Å². The summed E-state index contributed by atoms with van der Waals surface area (Å²) in [5.74, 6) is 1.19. The summed E-state index contributed by atoms with van der Waals surface area (Å²) in [4.78, 5) is 17.8. The quantitative estimate of drug-likeness (QED) is 0.752. The summed E-state index contributed by atoms with van der Waals surface area (Å²) >= 11 is 0. The van der Waals surface area contributed by atoms with Gasteiger partial charge in [0.25, 0.3) is 0 Å². The second kappa shape index (κ2) is 3.33. The van der Waals surface area contributed by atoms with E-state index in [2.05, 4.69) is 4.98 Å². The molecule has 1 aromatic rings. The van der Waals surface area contributed by atoms with Gasteiger partial charge < -0.3 is 4.90 Å². The Bertz CT molecular complexity index is 377. The standard InChI is InChI=1S/C12H16N2O/c1-9(15)12(6-7-12)10-4-5-11(13-8-10)14(2)3/h4-5,8H,6-7H2,1-3H3. The molecule has 0 aliphatic heterocycles. The fourth-order valence-electron chi connectivity index (χ4n) is 1.90. The van der Waals surface area contributed by atoms with E-state index in [4.69, 9.17) is 0 Å². The first kappa shape index (κ1) is 10.1. The predicted molar refractivity (Wildman–Crippen MR) is 60.2 cm³/mol. The number of Topliss-reactive ketones (excluding diaryl/α,β-unsaturated/α-hetero) is 1. The fraction of sp³-hybridized carbons (Fsp3) is 0.500. The van der Waals surface area contributed by atoms with Gasteiger partial charge in [-0.05, 0) is 31.4 Å². The van der Waals surface area contributed by atoms with Crippen LogP contribution in [0.4, 0.5) is 5.82 Å². The van der Waals surface area contributed by atoms with E-state index in [0.717, 1.165) is 24.2 Å². The van der Waals surface area contributed by atoms with Gasteiger partial charge in [-0.3, -0.25) is 4.79 Å². The number of anilines is 1. The van der Waals surface area contributed by atoms with E-state index in [0.29, 0.717) is 0 Å². The van der Waals surface area contributed by atoms with Crippen molar-refractivity contribution in [2.75, 3.05) is 19.0 Å². The third-order valence-electron chi connectivity index (χ3n) is 3.18. The van der Waals surface area contributed by atoms with E-state index >= 15 is 0 Å². The number of rotatable bonds is 3. The molecule has 0 saturated heterocycles. The number of aromatic nitrogens is 1. The maximum Gasteiger partial charge on any atom is 0.140 e. The maximum atomic E-state index is 11.5. The molecule has 0 aromatic carbocycles. The first-order valence-corrected chi connectivity index (χ1v) is 5.21. The van der Waals surface area contributed by atoms with E-state index in [1.165, 1.54) is 0 Å². The van der Waals surface area contributed by atoms with Crippen LogP contribution in [0.2, 0.25) is 0 Å². The lowest BCUT2D eigenvalue weighted by Crippen LogP contribution is -2.18. The van der Waals surface area contributed by atoms with Crippen molar-refractivity contribution in [1.82, 2.24) is 4.98 Å². The van der Waals surface area contributed by atoms with Gasteiger partial charge in [0, 0.05) is 20.3 Å². The summed E-state index contributed by atoms with van der Waals surface area (Å²) < 4.78 is 0. The Kier molecular flexibility index (Phi) is 2.25. The van der Waals surface area contributed by atoms with Gasteiger partial charge >= 0.3 is 0 Å². The van der Waals surface area contributed by atoms with Crippen molar-refractivity contribution in [2.24, 2.45) is 0 Å². The minimum atomic E-state index is -0.197. The summed E-state index contributed by atoms with van der Waals surface area (Å²) in [6.45, 7) is 1.67. The first-order chi connectivity index (χ1) is 7.06. The van der Waals surface area contributed by atoms with Crippen molar-refractivity contribution in [3.8, 4) is 0 Å². The molecule has 1 heterocycles. The van der Waals surface area contributed by atoms with Crippen LogP contribution in [0.5, 0.6) is 0 Å². The lowest BCUT2D eigenvalue weighted by Gasteiger charge is -2.14. The molecule has 0 amide bonds. The minimum absolute atomic E-state index is 0.197. The molecular weight excluding hydrogens is 188 g/mol. The number of hydrogen-bond acceptors (Lipinski definition) is 3. The predicted octanol–water partition coefficient (Wildman–Crippen LogP) is 1.77. The van der Waals surface area contributed by atoms with E-state index in [1.54, 1.807) is 6.92 Å². The number of hydrogen-bond donors (Lipinski definition) is 0. The van der Waals surface area contributed by atoms with Crippen LogP contribution < -0.4 is 4.90 Å². The molecule has 1 aliphatic rings. The number of pyridine rings is 1. The zero-order valence-corrected chi connectivity index (χ0v) is 9.45. The zero-order valence-electron chi connectivity index (χ0n) is 9.45. The van der Waals surface area contributed by atoms with Crippen LogP contribution in [0.15, 0.2) is 18.3 Å². The summed E-state index contributed by atoms with van der Waals surface area (Å²) in [7, 11) is 3.92. The van der Waals surface area contributed by atoms with Gasteiger partial charge in [-0.25, -0.2) is 4.98 Å². The molecule has 0 N–H and O–H groups in total. The highest BCUT2D eigenvalue weighted by Crippen LogP contribution is 2.48. The lowest BCUT2D eigenvalue weighted by molar-refractivity contribution is -0.119. The molecule has 1 aliphatic carbocycles. The average molecular weight is 204 g/mol. The second-order valence-corrected chi connectivity index (χ2v) is 4.44. The molecule has 1 saturated carbocycles. The normalized spacial score (nSPS) is 17.3. The van der Waals surface area contributed by atoms with E-state index < -0.39 is 0 Å². The van der Waals surface area contributed by atoms with Gasteiger partial charge in [-0.15, -0.1) is 0 Å². The van der Waals surface area contributed by atoms with Crippen LogP contribution in [-0.4, -0.2) is 24.9 Å². The van der Waals surface area contributed by atoms with Gasteiger partial charge in [0.1, 0.15) is 11.6 Å². The number of nitrogens with zero attached hydrogens (tertiary/aromatic N) is 2. The monoisotopic (exact) mass is 204 g/mol. The summed E-state index contributed by atoms with van der Waals surface area (Å²) in [5, 5.41) is 0. The number of carbonyl (C=O) groups excluding carboxylic acids is 1. The molecule has 1 aromatic heterocycles. The van der Waals surface area contributed by atoms with E-state index in [1.807, 2.05) is 37.3 Å². The SMILES string of the molecule is CC(=O)C1(c2ccc(N(C)C)nc2)CC1. The average Bonchev–Trinajstić information content (AvgIpc) is 2.98. The van der Waals surface area contributed by atoms with Crippen LogP contribution >= 0.6 is 0 Å². The second-order valence-electron chi connectivity index (χ2n) is 4.44. The Balaban J connectivity index is 2.28. The molecule has 0 radical (unpaired) electrons. The van der Waals surface area contributed by atoms with Gasteiger partial charge in [0.05, 0.1) is 5.41 Å². The Hall–Kier alpha value is -1.38. The van der Waals surface area contributed by atoms with Crippen LogP contribution in [0.3, 0.4) is 0 Å². The van der Waals surface area contributed by atoms with Crippen LogP contribution in [0, 0.1) is 0 Å². The van der Waals surface area contributed by atoms with E-state index in [9.17, 15) is 4.79 Å². The smallest absolute Gasteiger partial charge is 0.140 e. The van der Waals surface area contributed by atoms with Crippen molar-refractivity contribution in [1.29, 1.82) is 0 Å². The zero-order chi connectivity index (χ0) is 11.1. The van der Waals surface area contributed by atoms with Gasteiger partial charge in [-0.1, -0.05) is 6.07 Å². The molecular formula is C12H16N2O. The molecule has 3 heteroatoms. The molecule has 0 unspecified atom stereocenters. The molecule has 0 spiro atoms. The first-order valence-electron chi connectivity index (χ1n) is 5.21. The fourth-order valence-corrected chi connectivity index (χ4v) is 1.90. The summed E-state index contributed by atoms with van der Waals surface area (Å²) in [6, 6.07) is 4.00. The Morgan fingerprint density at radius 1 is 1.40 bits per heavy atom. The summed E-state index contributed by atoms with van der Waals surface area (Å²) in [6.07, 6.45) is 3.79. The molecule has 1 fully saturated rings. The molecule has 15 heavy (non-hydrogen) atoms. The van der Waals surface area contributed by atoms with Crippen LogP contribution in [0.25, 0.3) is 0 Å². The van der Waals surface area contributed by atoms with Crippen molar-refractivity contribution in [3.63, 3.8) is 0 Å². The number of carbonyl (C=O) groups is 1. The third kappa shape index (κ3) is 1.62. The van der Waals surface area contributed by atoms with Gasteiger partial charge in [0.15, 0.2) is 0 Å². The minimum Gasteiger partial charge on any atom is -0.363 e. The highest BCUT2D eigenvalue weighted by molar-refractivity contribution is 5.91. The van der Waals surface area contributed by atoms with Crippen LogP contribution in [0.1, 0.15) is 25.3 Å². The third-order valence-corrected chi connectivity index (χ3v) is 3.18. The highest BCUT2D eigenvalue weighted by atomic mass is 16.1. The number of ketones is 1. The molecule has 0 atom stereocenters. The Labute approximate surface area is 90.1 Å². The van der Waals surface area contributed by atoms with Crippen molar-refractivity contribution >= 4 is 11.6 Å². The molecule has 3 nitrogen and oxygen atoms in total. The van der Waals surface area contributed by atoms with Crippen molar-refractivity contribution < 1.29 is 4.79 Å². The van der Waals surface area contributed by atoms with Gasteiger partial charge in [0.2, 0.25) is 0 Å². The maximum absolute atomic E-state index is 11.5. The van der Waals surface area contributed by atoms with Gasteiger partial charge in [-0.2, -0.15) is 0 Å². The molecule has 2 rings (SSSR count). The highest BCUT2D eigenvalue weighted by Gasteiger charge is 2.48. The Morgan fingerprint density at radius 3 is 2.40 bits per heavy atom. The van der Waals surface area contributed by atoms with Crippen molar-refractivity contribution in [2.45, 2.75) is 25.2 Å². The molecule has 0 bridgehead atoms. The lowest BCUT2D eigenvalue weighted by atomic mass is 9.94. The largest absolute Gasteiger partial charge is 0.363 e. The summed E-state index contributed by atoms with van der Waals surface area (Å²) in [5.41, 5.74) is 0.873. The van der Waals surface area contributed by atoms with Crippen LogP contribution in [-0.2, 0) is 10.2 Å². The topological polar surface area (TPSA) is 33.2 Å². The van der Waals surface area contributed by atoms with Crippen molar-refractivity contribution in [3.05, 3.63) is 23.9 Å². The molecule has 80 valence electrons.